The van der Waals surface area contributed by atoms with Gasteiger partial charge in [0.25, 0.3) is 5.91 Å². The van der Waals surface area contributed by atoms with Crippen molar-refractivity contribution in [2.75, 3.05) is 11.1 Å². The van der Waals surface area contributed by atoms with Gasteiger partial charge in [0.1, 0.15) is 0 Å². The molecule has 0 aliphatic rings. The molecule has 2 aromatic rings. The molecule has 3 N–H and O–H groups in total. The SMILES string of the molecule is Cc1cc(Br)cc(NC(=O)c2cc(N)ccc2Br)c1. The van der Waals surface area contributed by atoms with E-state index in [1.54, 1.807) is 18.2 Å². The minimum atomic E-state index is -0.198. The number of nitrogens with one attached hydrogen (secondary N) is 1. The van der Waals surface area contributed by atoms with Gasteiger partial charge in [-0.2, -0.15) is 0 Å². The van der Waals surface area contributed by atoms with Crippen LogP contribution in [0.1, 0.15) is 15.9 Å². The highest BCUT2D eigenvalue weighted by atomic mass is 79.9. The fraction of sp³-hybridized carbons (Fsp3) is 0.0714. The number of halogens is 2. The van der Waals surface area contributed by atoms with E-state index in [0.717, 1.165) is 15.7 Å². The summed E-state index contributed by atoms with van der Waals surface area (Å²) < 4.78 is 1.64. The molecule has 0 atom stereocenters. The first-order chi connectivity index (χ1) is 8.95. The van der Waals surface area contributed by atoms with Crippen molar-refractivity contribution in [1.82, 2.24) is 0 Å². The van der Waals surface area contributed by atoms with E-state index in [-0.39, 0.29) is 5.91 Å². The third-order valence-electron chi connectivity index (χ3n) is 2.54. The van der Waals surface area contributed by atoms with Gasteiger partial charge in [0, 0.05) is 20.3 Å². The van der Waals surface area contributed by atoms with Crippen LogP contribution < -0.4 is 11.1 Å². The van der Waals surface area contributed by atoms with Crippen LogP contribution in [0.15, 0.2) is 45.3 Å². The molecule has 0 bridgehead atoms. The van der Waals surface area contributed by atoms with Crippen LogP contribution >= 0.6 is 31.9 Å². The van der Waals surface area contributed by atoms with Gasteiger partial charge in [0.05, 0.1) is 5.56 Å². The summed E-state index contributed by atoms with van der Waals surface area (Å²) in [6, 6.07) is 10.9. The van der Waals surface area contributed by atoms with Gasteiger partial charge < -0.3 is 11.1 Å². The summed E-state index contributed by atoms with van der Waals surface area (Å²) >= 11 is 6.75. The molecule has 0 aromatic heterocycles. The lowest BCUT2D eigenvalue weighted by Gasteiger charge is -2.09. The van der Waals surface area contributed by atoms with Crippen LogP contribution in [-0.4, -0.2) is 5.91 Å². The molecule has 0 unspecified atom stereocenters. The molecule has 0 aliphatic heterocycles. The quantitative estimate of drug-likeness (QED) is 0.757. The van der Waals surface area contributed by atoms with Crippen LogP contribution in [0.3, 0.4) is 0 Å². The summed E-state index contributed by atoms with van der Waals surface area (Å²) in [6.45, 7) is 1.97. The lowest BCUT2D eigenvalue weighted by molar-refractivity contribution is 0.102. The Labute approximate surface area is 128 Å². The average molecular weight is 384 g/mol. The number of carbonyl (C=O) groups excluding carboxylic acids is 1. The molecule has 3 nitrogen and oxygen atoms in total. The van der Waals surface area contributed by atoms with Crippen molar-refractivity contribution in [1.29, 1.82) is 0 Å². The van der Waals surface area contributed by atoms with Gasteiger partial charge in [-0.05, 0) is 64.8 Å². The van der Waals surface area contributed by atoms with Crippen molar-refractivity contribution in [3.05, 3.63) is 56.5 Å². The smallest absolute Gasteiger partial charge is 0.256 e. The van der Waals surface area contributed by atoms with Crippen molar-refractivity contribution in [2.45, 2.75) is 6.92 Å². The highest BCUT2D eigenvalue weighted by molar-refractivity contribution is 9.10. The predicted octanol–water partition coefficient (Wildman–Crippen LogP) is 4.35. The summed E-state index contributed by atoms with van der Waals surface area (Å²) in [4.78, 5) is 12.2. The molecular formula is C14H12Br2N2O. The van der Waals surface area contributed by atoms with Crippen LogP contribution in [0.2, 0.25) is 0 Å². The summed E-state index contributed by atoms with van der Waals surface area (Å²) in [6.07, 6.45) is 0. The summed E-state index contributed by atoms with van der Waals surface area (Å²) in [5, 5.41) is 2.85. The molecule has 5 heteroatoms. The largest absolute Gasteiger partial charge is 0.399 e. The zero-order chi connectivity index (χ0) is 14.0. The van der Waals surface area contributed by atoms with Gasteiger partial charge >= 0.3 is 0 Å². The number of hydrogen-bond acceptors (Lipinski definition) is 2. The molecule has 0 saturated carbocycles. The van der Waals surface area contributed by atoms with Crippen LogP contribution in [0.25, 0.3) is 0 Å². The average Bonchev–Trinajstić information content (AvgIpc) is 2.30. The number of rotatable bonds is 2. The zero-order valence-corrected chi connectivity index (χ0v) is 13.4. The lowest BCUT2D eigenvalue weighted by atomic mass is 10.1. The van der Waals surface area contributed by atoms with Crippen molar-refractivity contribution < 1.29 is 4.79 Å². The molecule has 2 aromatic carbocycles. The minimum Gasteiger partial charge on any atom is -0.399 e. The first-order valence-electron chi connectivity index (χ1n) is 5.59. The Hall–Kier alpha value is -1.33. The van der Waals surface area contributed by atoms with Crippen molar-refractivity contribution >= 4 is 49.1 Å². The number of nitrogen functional groups attached to an aromatic ring is 1. The van der Waals surface area contributed by atoms with Gasteiger partial charge in [0.2, 0.25) is 0 Å². The predicted molar refractivity (Wildman–Crippen MR) is 85.4 cm³/mol. The number of aryl methyl sites for hydroxylation is 1. The Morgan fingerprint density at radius 3 is 2.58 bits per heavy atom. The fourth-order valence-electron chi connectivity index (χ4n) is 1.72. The van der Waals surface area contributed by atoms with E-state index in [1.165, 1.54) is 0 Å². The van der Waals surface area contributed by atoms with Crippen LogP contribution in [0, 0.1) is 6.92 Å². The minimum absolute atomic E-state index is 0.198. The van der Waals surface area contributed by atoms with E-state index < -0.39 is 0 Å². The van der Waals surface area contributed by atoms with Gasteiger partial charge in [-0.1, -0.05) is 15.9 Å². The summed E-state index contributed by atoms with van der Waals surface area (Å²) in [5.74, 6) is -0.198. The first-order valence-corrected chi connectivity index (χ1v) is 7.18. The highest BCUT2D eigenvalue weighted by Gasteiger charge is 2.11. The molecule has 0 radical (unpaired) electrons. The number of nitrogens with two attached hydrogens (primary N) is 1. The first kappa shape index (κ1) is 14.1. The standard InChI is InChI=1S/C14H12Br2N2O/c1-8-4-9(15)6-11(5-8)18-14(19)12-7-10(17)2-3-13(12)16/h2-7H,17H2,1H3,(H,18,19). The van der Waals surface area contributed by atoms with Crippen molar-refractivity contribution in [3.8, 4) is 0 Å². The molecular weight excluding hydrogens is 372 g/mol. The number of carbonyl (C=O) groups is 1. The molecule has 0 heterocycles. The zero-order valence-electron chi connectivity index (χ0n) is 10.2. The number of anilines is 2. The molecule has 1 amide bonds. The Bertz CT molecular complexity index is 621. The fourth-order valence-corrected chi connectivity index (χ4v) is 2.76. The second kappa shape index (κ2) is 5.75. The van der Waals surface area contributed by atoms with E-state index >= 15 is 0 Å². The second-order valence-electron chi connectivity index (χ2n) is 4.21. The highest BCUT2D eigenvalue weighted by Crippen LogP contribution is 2.23. The maximum Gasteiger partial charge on any atom is 0.256 e. The van der Waals surface area contributed by atoms with Gasteiger partial charge in [-0.15, -0.1) is 0 Å². The second-order valence-corrected chi connectivity index (χ2v) is 5.98. The normalized spacial score (nSPS) is 10.3. The van der Waals surface area contributed by atoms with Gasteiger partial charge in [-0.25, -0.2) is 0 Å². The Morgan fingerprint density at radius 2 is 1.89 bits per heavy atom. The van der Waals surface area contributed by atoms with Gasteiger partial charge in [0.15, 0.2) is 0 Å². The summed E-state index contributed by atoms with van der Waals surface area (Å²) in [7, 11) is 0. The molecule has 0 spiro atoms. The van der Waals surface area contributed by atoms with Crippen LogP contribution in [-0.2, 0) is 0 Å². The van der Waals surface area contributed by atoms with E-state index in [0.29, 0.717) is 15.7 Å². The molecule has 0 fully saturated rings. The van der Waals surface area contributed by atoms with Crippen LogP contribution in [0.4, 0.5) is 11.4 Å². The summed E-state index contributed by atoms with van der Waals surface area (Å²) in [5.41, 5.74) is 8.57. The number of hydrogen-bond donors (Lipinski definition) is 2. The third kappa shape index (κ3) is 3.58. The number of benzene rings is 2. The van der Waals surface area contributed by atoms with Gasteiger partial charge in [-0.3, -0.25) is 4.79 Å². The van der Waals surface area contributed by atoms with Crippen molar-refractivity contribution in [2.24, 2.45) is 0 Å². The topological polar surface area (TPSA) is 55.1 Å². The van der Waals surface area contributed by atoms with E-state index in [2.05, 4.69) is 37.2 Å². The Balaban J connectivity index is 2.28. The van der Waals surface area contributed by atoms with E-state index in [9.17, 15) is 4.79 Å². The monoisotopic (exact) mass is 382 g/mol. The van der Waals surface area contributed by atoms with Crippen LogP contribution in [0.5, 0.6) is 0 Å². The molecule has 2 rings (SSSR count). The van der Waals surface area contributed by atoms with Crippen molar-refractivity contribution in [3.63, 3.8) is 0 Å². The maximum atomic E-state index is 12.2. The maximum absolute atomic E-state index is 12.2. The third-order valence-corrected chi connectivity index (χ3v) is 3.68. The molecule has 0 saturated heterocycles. The van der Waals surface area contributed by atoms with E-state index in [1.807, 2.05) is 25.1 Å². The number of amides is 1. The molecule has 98 valence electrons. The Morgan fingerprint density at radius 1 is 1.16 bits per heavy atom. The van der Waals surface area contributed by atoms with E-state index in [4.69, 9.17) is 5.73 Å². The molecule has 0 aliphatic carbocycles. The molecule has 19 heavy (non-hydrogen) atoms. The Kier molecular flexibility index (Phi) is 4.27. The lowest BCUT2D eigenvalue weighted by Crippen LogP contribution is -2.13.